The largest absolute Gasteiger partial charge is 0.375 e. The standard InChI is InChI=1S/C17H30N2O/c1-3-5-6-7-8-12-20-15-17-10-9-16(14-19-17)13-18-11-4-2/h9-10,14,18H,3-8,11-13,15H2,1-2H3. The van der Waals surface area contributed by atoms with Gasteiger partial charge in [-0.05, 0) is 31.0 Å². The van der Waals surface area contributed by atoms with Gasteiger partial charge in [0.05, 0.1) is 12.3 Å². The van der Waals surface area contributed by atoms with Crippen molar-refractivity contribution in [2.24, 2.45) is 0 Å². The van der Waals surface area contributed by atoms with Crippen LogP contribution in [0.4, 0.5) is 0 Å². The monoisotopic (exact) mass is 278 g/mol. The highest BCUT2D eigenvalue weighted by atomic mass is 16.5. The number of hydrogen-bond donors (Lipinski definition) is 1. The molecule has 0 radical (unpaired) electrons. The van der Waals surface area contributed by atoms with E-state index in [1.807, 2.05) is 6.20 Å². The maximum Gasteiger partial charge on any atom is 0.0887 e. The zero-order valence-corrected chi connectivity index (χ0v) is 13.2. The third-order valence-electron chi connectivity index (χ3n) is 3.28. The fourth-order valence-electron chi connectivity index (χ4n) is 2.04. The fraction of sp³-hybridized carbons (Fsp3) is 0.706. The molecule has 0 aliphatic rings. The van der Waals surface area contributed by atoms with E-state index >= 15 is 0 Å². The number of unbranched alkanes of at least 4 members (excludes halogenated alkanes) is 4. The lowest BCUT2D eigenvalue weighted by Crippen LogP contribution is -2.14. The summed E-state index contributed by atoms with van der Waals surface area (Å²) in [6.07, 6.45) is 9.53. The first-order valence-corrected chi connectivity index (χ1v) is 8.09. The van der Waals surface area contributed by atoms with E-state index < -0.39 is 0 Å². The normalized spacial score (nSPS) is 10.9. The average Bonchev–Trinajstić information content (AvgIpc) is 2.48. The van der Waals surface area contributed by atoms with E-state index in [-0.39, 0.29) is 0 Å². The smallest absolute Gasteiger partial charge is 0.0887 e. The molecule has 20 heavy (non-hydrogen) atoms. The van der Waals surface area contributed by atoms with Crippen LogP contribution in [0, 0.1) is 0 Å². The Morgan fingerprint density at radius 3 is 2.60 bits per heavy atom. The van der Waals surface area contributed by atoms with Gasteiger partial charge in [-0.25, -0.2) is 0 Å². The van der Waals surface area contributed by atoms with E-state index in [0.717, 1.165) is 31.8 Å². The van der Waals surface area contributed by atoms with Gasteiger partial charge >= 0.3 is 0 Å². The molecule has 1 N–H and O–H groups in total. The second-order valence-corrected chi connectivity index (χ2v) is 5.30. The molecule has 0 aromatic carbocycles. The number of nitrogens with one attached hydrogen (secondary N) is 1. The van der Waals surface area contributed by atoms with Crippen molar-refractivity contribution in [3.63, 3.8) is 0 Å². The Kier molecular flexibility index (Phi) is 10.2. The highest BCUT2D eigenvalue weighted by molar-refractivity contribution is 5.13. The van der Waals surface area contributed by atoms with E-state index in [4.69, 9.17) is 4.74 Å². The SMILES string of the molecule is CCCCCCCOCc1ccc(CNCCC)cn1. The van der Waals surface area contributed by atoms with Crippen molar-refractivity contribution in [2.45, 2.75) is 65.5 Å². The van der Waals surface area contributed by atoms with Gasteiger partial charge in [-0.15, -0.1) is 0 Å². The van der Waals surface area contributed by atoms with Crippen LogP contribution in [-0.4, -0.2) is 18.1 Å². The molecule has 1 rings (SSSR count). The van der Waals surface area contributed by atoms with Crippen LogP contribution in [-0.2, 0) is 17.9 Å². The average molecular weight is 278 g/mol. The van der Waals surface area contributed by atoms with Crippen LogP contribution in [0.3, 0.4) is 0 Å². The van der Waals surface area contributed by atoms with Gasteiger partial charge in [0.15, 0.2) is 0 Å². The molecule has 0 unspecified atom stereocenters. The third-order valence-corrected chi connectivity index (χ3v) is 3.28. The molecule has 0 amide bonds. The van der Waals surface area contributed by atoms with Gasteiger partial charge in [0.2, 0.25) is 0 Å². The lowest BCUT2D eigenvalue weighted by atomic mass is 10.2. The summed E-state index contributed by atoms with van der Waals surface area (Å²) in [5.41, 5.74) is 2.26. The van der Waals surface area contributed by atoms with Crippen molar-refractivity contribution in [3.05, 3.63) is 29.6 Å². The van der Waals surface area contributed by atoms with Crippen molar-refractivity contribution in [2.75, 3.05) is 13.2 Å². The Morgan fingerprint density at radius 2 is 1.90 bits per heavy atom. The van der Waals surface area contributed by atoms with Crippen LogP contribution >= 0.6 is 0 Å². The molecule has 0 saturated carbocycles. The van der Waals surface area contributed by atoms with E-state index in [0.29, 0.717) is 6.61 Å². The Morgan fingerprint density at radius 1 is 1.05 bits per heavy atom. The first-order chi connectivity index (χ1) is 9.86. The minimum atomic E-state index is 0.635. The zero-order chi connectivity index (χ0) is 14.5. The predicted octanol–water partition coefficient (Wildman–Crippen LogP) is 4.07. The summed E-state index contributed by atoms with van der Waals surface area (Å²) in [4.78, 5) is 4.44. The lowest BCUT2D eigenvalue weighted by Gasteiger charge is -2.06. The van der Waals surface area contributed by atoms with Crippen molar-refractivity contribution < 1.29 is 4.74 Å². The molecule has 3 heteroatoms. The number of rotatable bonds is 12. The molecule has 0 atom stereocenters. The van der Waals surface area contributed by atoms with Gasteiger partial charge in [0, 0.05) is 19.3 Å². The highest BCUT2D eigenvalue weighted by Gasteiger charge is 1.97. The molecule has 0 aliphatic carbocycles. The topological polar surface area (TPSA) is 34.1 Å². The molecule has 0 aliphatic heterocycles. The van der Waals surface area contributed by atoms with Gasteiger partial charge in [-0.1, -0.05) is 45.6 Å². The summed E-state index contributed by atoms with van der Waals surface area (Å²) in [5, 5.41) is 3.38. The van der Waals surface area contributed by atoms with Crippen LogP contribution in [0.1, 0.15) is 63.6 Å². The molecule has 0 saturated heterocycles. The minimum absolute atomic E-state index is 0.635. The second kappa shape index (κ2) is 11.9. The Labute approximate surface area is 124 Å². The molecule has 1 aromatic rings. The van der Waals surface area contributed by atoms with Crippen molar-refractivity contribution in [1.29, 1.82) is 0 Å². The molecule has 0 fully saturated rings. The van der Waals surface area contributed by atoms with Crippen molar-refractivity contribution >= 4 is 0 Å². The Balaban J connectivity index is 2.08. The quantitative estimate of drug-likeness (QED) is 0.585. The van der Waals surface area contributed by atoms with Crippen LogP contribution < -0.4 is 5.32 Å². The fourth-order valence-corrected chi connectivity index (χ4v) is 2.04. The molecule has 0 spiro atoms. The molecule has 0 bridgehead atoms. The van der Waals surface area contributed by atoms with Crippen molar-refractivity contribution in [1.82, 2.24) is 10.3 Å². The van der Waals surface area contributed by atoms with E-state index in [9.17, 15) is 0 Å². The van der Waals surface area contributed by atoms with E-state index in [1.54, 1.807) is 0 Å². The molecule has 114 valence electrons. The predicted molar refractivity (Wildman–Crippen MR) is 84.6 cm³/mol. The first-order valence-electron chi connectivity index (χ1n) is 8.09. The zero-order valence-electron chi connectivity index (χ0n) is 13.2. The molecule has 3 nitrogen and oxygen atoms in total. The summed E-state index contributed by atoms with van der Waals surface area (Å²) in [6, 6.07) is 4.20. The summed E-state index contributed by atoms with van der Waals surface area (Å²) in [7, 11) is 0. The number of pyridine rings is 1. The third kappa shape index (κ3) is 8.28. The number of nitrogens with zero attached hydrogens (tertiary/aromatic N) is 1. The van der Waals surface area contributed by atoms with E-state index in [1.165, 1.54) is 37.7 Å². The number of aromatic nitrogens is 1. The number of hydrogen-bond acceptors (Lipinski definition) is 3. The van der Waals surface area contributed by atoms with Gasteiger partial charge in [0.25, 0.3) is 0 Å². The molecule has 1 heterocycles. The summed E-state index contributed by atoms with van der Waals surface area (Å²) in [6.45, 7) is 7.86. The van der Waals surface area contributed by atoms with Crippen LogP contribution in [0.2, 0.25) is 0 Å². The minimum Gasteiger partial charge on any atom is -0.375 e. The van der Waals surface area contributed by atoms with E-state index in [2.05, 4.69) is 36.3 Å². The summed E-state index contributed by atoms with van der Waals surface area (Å²) in [5.74, 6) is 0. The Hall–Kier alpha value is -0.930. The van der Waals surface area contributed by atoms with Gasteiger partial charge in [-0.3, -0.25) is 4.98 Å². The maximum atomic E-state index is 5.66. The molecular formula is C17H30N2O. The van der Waals surface area contributed by atoms with Crippen molar-refractivity contribution in [3.8, 4) is 0 Å². The summed E-state index contributed by atoms with van der Waals surface area (Å²) < 4.78 is 5.66. The van der Waals surface area contributed by atoms with Gasteiger partial charge in [0.1, 0.15) is 0 Å². The van der Waals surface area contributed by atoms with Crippen LogP contribution in [0.25, 0.3) is 0 Å². The van der Waals surface area contributed by atoms with Crippen LogP contribution in [0.15, 0.2) is 18.3 Å². The lowest BCUT2D eigenvalue weighted by molar-refractivity contribution is 0.114. The van der Waals surface area contributed by atoms with Gasteiger partial charge < -0.3 is 10.1 Å². The molecular weight excluding hydrogens is 248 g/mol. The highest BCUT2D eigenvalue weighted by Crippen LogP contribution is 2.05. The first kappa shape index (κ1) is 17.1. The maximum absolute atomic E-state index is 5.66. The van der Waals surface area contributed by atoms with Gasteiger partial charge in [-0.2, -0.15) is 0 Å². The second-order valence-electron chi connectivity index (χ2n) is 5.30. The number of ether oxygens (including phenoxy) is 1. The molecule has 1 aromatic heterocycles. The van der Waals surface area contributed by atoms with Crippen LogP contribution in [0.5, 0.6) is 0 Å². The summed E-state index contributed by atoms with van der Waals surface area (Å²) >= 11 is 0. The Bertz CT molecular complexity index is 324.